The maximum absolute atomic E-state index is 14.7. The molecule has 13 heteroatoms. The Hall–Kier alpha value is -2.61. The molecule has 3 aliphatic rings. The molecule has 0 radical (unpaired) electrons. The molecule has 10 nitrogen and oxygen atoms in total. The summed E-state index contributed by atoms with van der Waals surface area (Å²) in [7, 11) is -3.61. The third-order valence-electron chi connectivity index (χ3n) is 7.28. The minimum atomic E-state index is -3.61. The minimum Gasteiger partial charge on any atom is -0.444 e. The molecule has 4 heterocycles. The van der Waals surface area contributed by atoms with Crippen LogP contribution in [0.3, 0.4) is 0 Å². The number of carbonyl (C=O) groups is 1. The number of hydrogen-bond acceptors (Lipinski definition) is 8. The van der Waals surface area contributed by atoms with E-state index < -0.39 is 50.7 Å². The summed E-state index contributed by atoms with van der Waals surface area (Å²) in [5, 5.41) is 6.67. The van der Waals surface area contributed by atoms with Gasteiger partial charge in [0.1, 0.15) is 23.3 Å². The lowest BCUT2D eigenvalue weighted by molar-refractivity contribution is -0.0629. The summed E-state index contributed by atoms with van der Waals surface area (Å²) in [6.07, 6.45) is 1.24. The van der Waals surface area contributed by atoms with Crippen LogP contribution in [0.4, 0.5) is 13.6 Å². The molecule has 39 heavy (non-hydrogen) atoms. The van der Waals surface area contributed by atoms with Gasteiger partial charge in [-0.2, -0.15) is 9.19 Å². The van der Waals surface area contributed by atoms with Crippen LogP contribution in [0.1, 0.15) is 63.0 Å². The summed E-state index contributed by atoms with van der Waals surface area (Å²) < 4.78 is 72.6. The first-order valence-corrected chi connectivity index (χ1v) is 14.6. The maximum Gasteiger partial charge on any atom is 0.407 e. The van der Waals surface area contributed by atoms with Crippen LogP contribution >= 0.6 is 0 Å². The smallest absolute Gasteiger partial charge is 0.407 e. The molecule has 0 unspecified atom stereocenters. The van der Waals surface area contributed by atoms with Crippen molar-refractivity contribution in [2.45, 2.75) is 82.2 Å². The quantitative estimate of drug-likeness (QED) is 0.585. The summed E-state index contributed by atoms with van der Waals surface area (Å²) in [4.78, 5) is 14.7. The molecule has 2 saturated heterocycles. The highest BCUT2D eigenvalue weighted by Crippen LogP contribution is 2.35. The molecule has 0 spiro atoms. The van der Waals surface area contributed by atoms with E-state index in [0.29, 0.717) is 51.3 Å². The first-order chi connectivity index (χ1) is 18.4. The van der Waals surface area contributed by atoms with E-state index in [1.165, 1.54) is 0 Å². The Morgan fingerprint density at radius 2 is 1.92 bits per heavy atom. The van der Waals surface area contributed by atoms with Crippen molar-refractivity contribution in [2.75, 3.05) is 19.8 Å². The summed E-state index contributed by atoms with van der Waals surface area (Å²) >= 11 is 0. The molecule has 5 rings (SSSR count). The van der Waals surface area contributed by atoms with Crippen molar-refractivity contribution in [3.63, 3.8) is 0 Å². The largest absolute Gasteiger partial charge is 0.444 e. The van der Waals surface area contributed by atoms with E-state index in [1.54, 1.807) is 27.0 Å². The number of hydrogen-bond donors (Lipinski definition) is 1. The van der Waals surface area contributed by atoms with Crippen molar-refractivity contribution in [1.29, 1.82) is 0 Å². The molecule has 2 fully saturated rings. The zero-order chi connectivity index (χ0) is 27.9. The molecule has 1 amide bonds. The second-order valence-electron chi connectivity index (χ2n) is 11.3. The monoisotopic (exact) mass is 568 g/mol. The van der Waals surface area contributed by atoms with Crippen molar-refractivity contribution in [1.82, 2.24) is 19.4 Å². The van der Waals surface area contributed by atoms with Gasteiger partial charge in [0.25, 0.3) is 10.0 Å². The van der Waals surface area contributed by atoms with Crippen LogP contribution in [0.15, 0.2) is 24.4 Å². The van der Waals surface area contributed by atoms with Crippen LogP contribution in [0.2, 0.25) is 0 Å². The van der Waals surface area contributed by atoms with Gasteiger partial charge in [-0.3, -0.25) is 4.90 Å². The maximum atomic E-state index is 14.7. The molecular formula is C26H34F2N4O6S. The fourth-order valence-electron chi connectivity index (χ4n) is 5.37. The highest BCUT2D eigenvalue weighted by molar-refractivity contribution is 7.90. The van der Waals surface area contributed by atoms with Gasteiger partial charge in [-0.1, -0.05) is 0 Å². The van der Waals surface area contributed by atoms with Gasteiger partial charge in [-0.15, -0.1) is 0 Å². The van der Waals surface area contributed by atoms with Gasteiger partial charge in [0.05, 0.1) is 23.6 Å². The molecule has 3 aliphatic heterocycles. The number of amides is 1. The number of nitrogens with one attached hydrogen (secondary N) is 1. The van der Waals surface area contributed by atoms with E-state index in [0.717, 1.165) is 27.8 Å². The van der Waals surface area contributed by atoms with Crippen LogP contribution in [0.25, 0.3) is 0 Å². The first kappa shape index (κ1) is 27.9. The fraction of sp³-hybridized carbons (Fsp3) is 0.615. The number of rotatable bonds is 5. The molecule has 1 aromatic carbocycles. The average Bonchev–Trinajstić information content (AvgIpc) is 3.45. The van der Waals surface area contributed by atoms with Gasteiger partial charge >= 0.3 is 6.09 Å². The molecule has 1 N–H and O–H groups in total. The van der Waals surface area contributed by atoms with Crippen LogP contribution in [0, 0.1) is 11.6 Å². The summed E-state index contributed by atoms with van der Waals surface area (Å²) in [6, 6.07) is 2.27. The zero-order valence-electron chi connectivity index (χ0n) is 22.2. The molecule has 0 aliphatic carbocycles. The topological polar surface area (TPSA) is 112 Å². The SMILES string of the molecule is CC(C)(C)OC(=O)N[C@H]1C[C@@H](N2Cc3cn(S(=O)(=O)C4CCOCC4)nc3C2)CO[C@@H]1c1cc(F)ccc1F. The minimum absolute atomic E-state index is 0.0221. The Morgan fingerprint density at radius 1 is 1.18 bits per heavy atom. The van der Waals surface area contributed by atoms with Gasteiger partial charge in [0.2, 0.25) is 0 Å². The summed E-state index contributed by atoms with van der Waals surface area (Å²) in [6.45, 7) is 7.09. The number of aromatic nitrogens is 2. The van der Waals surface area contributed by atoms with Crippen molar-refractivity contribution < 1.29 is 36.2 Å². The third-order valence-corrected chi connectivity index (χ3v) is 9.30. The molecule has 1 aromatic heterocycles. The molecule has 0 bridgehead atoms. The number of halogens is 2. The Balaban J connectivity index is 1.31. The predicted molar refractivity (Wildman–Crippen MR) is 136 cm³/mol. The number of ether oxygens (including phenoxy) is 3. The lowest BCUT2D eigenvalue weighted by atomic mass is 9.92. The molecule has 0 saturated carbocycles. The van der Waals surface area contributed by atoms with E-state index in [-0.39, 0.29) is 18.2 Å². The van der Waals surface area contributed by atoms with Gasteiger partial charge in [0, 0.05) is 49.7 Å². The van der Waals surface area contributed by atoms with Gasteiger partial charge in [-0.05, 0) is 58.2 Å². The zero-order valence-corrected chi connectivity index (χ0v) is 23.0. The number of alkyl carbamates (subject to hydrolysis) is 1. The van der Waals surface area contributed by atoms with Crippen molar-refractivity contribution in [3.8, 4) is 0 Å². The molecular weight excluding hydrogens is 534 g/mol. The predicted octanol–water partition coefficient (Wildman–Crippen LogP) is 3.26. The van der Waals surface area contributed by atoms with Crippen LogP contribution in [0.5, 0.6) is 0 Å². The number of carbonyl (C=O) groups excluding carboxylic acids is 1. The van der Waals surface area contributed by atoms with E-state index in [2.05, 4.69) is 15.3 Å². The Labute approximate surface area is 226 Å². The second kappa shape index (κ2) is 10.8. The van der Waals surface area contributed by atoms with Crippen LogP contribution < -0.4 is 5.32 Å². The van der Waals surface area contributed by atoms with E-state index >= 15 is 0 Å². The van der Waals surface area contributed by atoms with Gasteiger partial charge in [0.15, 0.2) is 0 Å². The molecule has 3 atom stereocenters. The number of nitrogens with zero attached hydrogens (tertiary/aromatic N) is 3. The standard InChI is InChI=1S/C26H34F2N4O6S/c1-26(2,3)38-25(33)29-22-11-18(15-37-24(22)20-10-17(27)4-5-21(20)28)31-12-16-13-32(30-23(16)14-31)39(34,35)19-6-8-36-9-7-19/h4-5,10,13,18-19,22,24H,6-9,11-12,14-15H2,1-3H3,(H,29,33)/t18-,22+,24-/m1/s1. The first-order valence-electron chi connectivity index (χ1n) is 13.1. The second-order valence-corrected chi connectivity index (χ2v) is 13.4. The van der Waals surface area contributed by atoms with E-state index in [9.17, 15) is 22.0 Å². The Bertz CT molecular complexity index is 1300. The van der Waals surface area contributed by atoms with Gasteiger partial charge in [-0.25, -0.2) is 22.0 Å². The van der Waals surface area contributed by atoms with Crippen molar-refractivity contribution in [3.05, 3.63) is 52.9 Å². The van der Waals surface area contributed by atoms with Crippen LogP contribution in [-0.2, 0) is 37.3 Å². The lowest BCUT2D eigenvalue weighted by Gasteiger charge is -2.40. The summed E-state index contributed by atoms with van der Waals surface area (Å²) in [5.74, 6) is -1.23. The average molecular weight is 569 g/mol. The third kappa shape index (κ3) is 6.11. The fourth-order valence-corrected chi connectivity index (χ4v) is 6.95. The number of fused-ring (bicyclic) bond motifs is 1. The Kier molecular flexibility index (Phi) is 7.70. The van der Waals surface area contributed by atoms with E-state index in [1.807, 2.05) is 0 Å². The molecule has 214 valence electrons. The highest BCUT2D eigenvalue weighted by Gasteiger charge is 2.41. The normalized spacial score (nSPS) is 24.9. The van der Waals surface area contributed by atoms with Gasteiger partial charge < -0.3 is 19.5 Å². The van der Waals surface area contributed by atoms with Crippen molar-refractivity contribution in [2.24, 2.45) is 0 Å². The number of benzene rings is 1. The van der Waals surface area contributed by atoms with Crippen LogP contribution in [-0.4, -0.2) is 71.4 Å². The highest BCUT2D eigenvalue weighted by atomic mass is 32.2. The Morgan fingerprint density at radius 3 is 2.62 bits per heavy atom. The molecule has 2 aromatic rings. The summed E-state index contributed by atoms with van der Waals surface area (Å²) in [5.41, 5.74) is 0.752. The van der Waals surface area contributed by atoms with E-state index in [4.69, 9.17) is 14.2 Å². The van der Waals surface area contributed by atoms with Crippen molar-refractivity contribution >= 4 is 16.1 Å². The lowest BCUT2D eigenvalue weighted by Crippen LogP contribution is -2.52.